The fourth-order valence-electron chi connectivity index (χ4n) is 3.02. The van der Waals surface area contributed by atoms with Gasteiger partial charge in [-0.2, -0.15) is 0 Å². The van der Waals surface area contributed by atoms with Crippen molar-refractivity contribution in [2.24, 2.45) is 0 Å². The quantitative estimate of drug-likeness (QED) is 0.712. The summed E-state index contributed by atoms with van der Waals surface area (Å²) in [6.07, 6.45) is 4.02. The van der Waals surface area contributed by atoms with E-state index in [-0.39, 0.29) is 0 Å². The van der Waals surface area contributed by atoms with Crippen molar-refractivity contribution >= 4 is 22.6 Å². The van der Waals surface area contributed by atoms with Crippen molar-refractivity contribution in [1.82, 2.24) is 20.3 Å². The molecule has 0 spiro atoms. The number of nitrogens with zero attached hydrogens (tertiary/aromatic N) is 2. The first-order valence-electron chi connectivity index (χ1n) is 8.20. The van der Waals surface area contributed by atoms with Crippen molar-refractivity contribution in [2.75, 3.05) is 13.1 Å². The molecule has 2 aromatic heterocycles. The summed E-state index contributed by atoms with van der Waals surface area (Å²) in [6.45, 7) is 2.76. The van der Waals surface area contributed by atoms with Gasteiger partial charge in [-0.25, -0.2) is 9.97 Å². The zero-order valence-corrected chi connectivity index (χ0v) is 14.0. The fraction of sp³-hybridized carbons (Fsp3) is 0.333. The third kappa shape index (κ3) is 3.29. The van der Waals surface area contributed by atoms with E-state index >= 15 is 0 Å². The lowest BCUT2D eigenvalue weighted by atomic mass is 10.1. The predicted octanol–water partition coefficient (Wildman–Crippen LogP) is 3.55. The fourth-order valence-corrected chi connectivity index (χ4v) is 3.21. The topological polar surface area (TPSA) is 62.8 Å². The summed E-state index contributed by atoms with van der Waals surface area (Å²) in [6, 6.07) is 10.4. The first-order chi connectivity index (χ1) is 11.8. The Morgan fingerprint density at radius 1 is 1.12 bits per heavy atom. The highest BCUT2D eigenvalue weighted by Gasteiger charge is 2.13. The molecule has 4 rings (SSSR count). The predicted molar refractivity (Wildman–Crippen MR) is 95.0 cm³/mol. The van der Waals surface area contributed by atoms with Crippen molar-refractivity contribution in [3.8, 4) is 11.3 Å². The summed E-state index contributed by atoms with van der Waals surface area (Å²) in [4.78, 5) is 11.5. The molecule has 3 aromatic rings. The van der Waals surface area contributed by atoms with Gasteiger partial charge in [-0.15, -0.1) is 0 Å². The normalized spacial score (nSPS) is 15.9. The SMILES string of the molecule is Clc1ncnc2[nH]c(-c3ccc(COC4CCNCC4)cc3)cc12. The minimum Gasteiger partial charge on any atom is -0.373 e. The molecule has 2 N–H and O–H groups in total. The Morgan fingerprint density at radius 3 is 2.67 bits per heavy atom. The number of halogens is 1. The number of benzene rings is 1. The van der Waals surface area contributed by atoms with E-state index in [2.05, 4.69) is 44.5 Å². The minimum atomic E-state index is 0.375. The number of hydrogen-bond acceptors (Lipinski definition) is 4. The van der Waals surface area contributed by atoms with Crippen LogP contribution in [0.5, 0.6) is 0 Å². The zero-order chi connectivity index (χ0) is 16.4. The molecule has 3 heterocycles. The van der Waals surface area contributed by atoms with Crippen LogP contribution in [0.15, 0.2) is 36.7 Å². The molecule has 1 fully saturated rings. The molecule has 24 heavy (non-hydrogen) atoms. The molecule has 1 aliphatic rings. The molecule has 0 unspecified atom stereocenters. The first kappa shape index (κ1) is 15.6. The molecule has 1 saturated heterocycles. The summed E-state index contributed by atoms with van der Waals surface area (Å²) in [5.41, 5.74) is 4.02. The molecule has 0 amide bonds. The highest BCUT2D eigenvalue weighted by Crippen LogP contribution is 2.26. The minimum absolute atomic E-state index is 0.375. The number of piperidine rings is 1. The number of fused-ring (bicyclic) bond motifs is 1. The van der Waals surface area contributed by atoms with Crippen molar-refractivity contribution in [1.29, 1.82) is 0 Å². The van der Waals surface area contributed by atoms with Gasteiger partial charge in [-0.05, 0) is 43.1 Å². The number of nitrogens with one attached hydrogen (secondary N) is 2. The lowest BCUT2D eigenvalue weighted by molar-refractivity contribution is 0.0212. The third-order valence-electron chi connectivity index (χ3n) is 4.41. The van der Waals surface area contributed by atoms with E-state index in [1.807, 2.05) is 6.07 Å². The zero-order valence-electron chi connectivity index (χ0n) is 13.3. The number of H-pyrrole nitrogens is 1. The van der Waals surface area contributed by atoms with Gasteiger partial charge in [0.05, 0.1) is 18.1 Å². The van der Waals surface area contributed by atoms with Crippen LogP contribution in [0.4, 0.5) is 0 Å². The number of hydrogen-bond donors (Lipinski definition) is 2. The van der Waals surface area contributed by atoms with Crippen LogP contribution in [-0.4, -0.2) is 34.1 Å². The van der Waals surface area contributed by atoms with Crippen LogP contribution in [0.2, 0.25) is 5.15 Å². The van der Waals surface area contributed by atoms with E-state index in [0.717, 1.165) is 48.2 Å². The molecule has 1 aromatic carbocycles. The molecule has 0 atom stereocenters. The Labute approximate surface area is 145 Å². The Morgan fingerprint density at radius 2 is 1.92 bits per heavy atom. The maximum absolute atomic E-state index is 6.11. The maximum Gasteiger partial charge on any atom is 0.142 e. The molecule has 1 aliphatic heterocycles. The molecular formula is C18H19ClN4O. The number of ether oxygens (including phenoxy) is 1. The van der Waals surface area contributed by atoms with Crippen molar-refractivity contribution < 1.29 is 4.74 Å². The monoisotopic (exact) mass is 342 g/mol. The molecule has 0 saturated carbocycles. The molecular weight excluding hydrogens is 324 g/mol. The van der Waals surface area contributed by atoms with Crippen LogP contribution in [0.1, 0.15) is 18.4 Å². The van der Waals surface area contributed by atoms with E-state index in [9.17, 15) is 0 Å². The average molecular weight is 343 g/mol. The van der Waals surface area contributed by atoms with Gasteiger partial charge in [0, 0.05) is 5.69 Å². The van der Waals surface area contributed by atoms with Crippen LogP contribution >= 0.6 is 11.6 Å². The highest BCUT2D eigenvalue weighted by molar-refractivity contribution is 6.34. The van der Waals surface area contributed by atoms with E-state index in [1.54, 1.807) is 0 Å². The summed E-state index contributed by atoms with van der Waals surface area (Å²) in [5, 5.41) is 4.66. The van der Waals surface area contributed by atoms with Crippen molar-refractivity contribution in [3.05, 3.63) is 47.4 Å². The second-order valence-electron chi connectivity index (χ2n) is 6.07. The third-order valence-corrected chi connectivity index (χ3v) is 4.72. The molecule has 0 aliphatic carbocycles. The number of aromatic amines is 1. The Balaban J connectivity index is 1.47. The summed E-state index contributed by atoms with van der Waals surface area (Å²) in [5.74, 6) is 0. The van der Waals surface area contributed by atoms with Crippen LogP contribution < -0.4 is 5.32 Å². The van der Waals surface area contributed by atoms with Gasteiger partial charge in [-0.1, -0.05) is 35.9 Å². The Hall–Kier alpha value is -1.95. The van der Waals surface area contributed by atoms with E-state index in [4.69, 9.17) is 16.3 Å². The second-order valence-corrected chi connectivity index (χ2v) is 6.43. The second kappa shape index (κ2) is 6.89. The first-order valence-corrected chi connectivity index (χ1v) is 8.58. The van der Waals surface area contributed by atoms with Gasteiger partial charge >= 0.3 is 0 Å². The molecule has 6 heteroatoms. The summed E-state index contributed by atoms with van der Waals surface area (Å²) >= 11 is 6.11. The van der Waals surface area contributed by atoms with Crippen LogP contribution in [0, 0.1) is 0 Å². The van der Waals surface area contributed by atoms with Crippen LogP contribution in [0.3, 0.4) is 0 Å². The Kier molecular flexibility index (Phi) is 4.47. The van der Waals surface area contributed by atoms with Gasteiger partial charge in [0.1, 0.15) is 17.1 Å². The molecule has 5 nitrogen and oxygen atoms in total. The summed E-state index contributed by atoms with van der Waals surface area (Å²) in [7, 11) is 0. The van der Waals surface area contributed by atoms with E-state index in [0.29, 0.717) is 17.9 Å². The average Bonchev–Trinajstić information content (AvgIpc) is 3.07. The number of aromatic nitrogens is 3. The highest BCUT2D eigenvalue weighted by atomic mass is 35.5. The van der Waals surface area contributed by atoms with Gasteiger partial charge in [0.15, 0.2) is 0 Å². The van der Waals surface area contributed by atoms with Crippen LogP contribution in [-0.2, 0) is 11.3 Å². The molecule has 0 radical (unpaired) electrons. The van der Waals surface area contributed by atoms with Gasteiger partial charge in [0.2, 0.25) is 0 Å². The van der Waals surface area contributed by atoms with Crippen molar-refractivity contribution in [2.45, 2.75) is 25.6 Å². The Bertz CT molecular complexity index is 825. The van der Waals surface area contributed by atoms with Gasteiger partial charge in [0.25, 0.3) is 0 Å². The van der Waals surface area contributed by atoms with Crippen LogP contribution in [0.25, 0.3) is 22.3 Å². The van der Waals surface area contributed by atoms with Crippen molar-refractivity contribution in [3.63, 3.8) is 0 Å². The van der Waals surface area contributed by atoms with Gasteiger partial charge in [-0.3, -0.25) is 0 Å². The lowest BCUT2D eigenvalue weighted by Gasteiger charge is -2.22. The smallest absolute Gasteiger partial charge is 0.142 e. The number of rotatable bonds is 4. The molecule has 124 valence electrons. The molecule has 0 bridgehead atoms. The summed E-state index contributed by atoms with van der Waals surface area (Å²) < 4.78 is 5.99. The standard InChI is InChI=1S/C18H19ClN4O/c19-17-15-9-16(23-18(15)22-11-21-17)13-3-1-12(2-4-13)10-24-14-5-7-20-8-6-14/h1-4,9,11,14,20H,5-8,10H2,(H,21,22,23). The van der Waals surface area contributed by atoms with E-state index in [1.165, 1.54) is 11.9 Å². The van der Waals surface area contributed by atoms with E-state index < -0.39 is 0 Å². The lowest BCUT2D eigenvalue weighted by Crippen LogP contribution is -2.32. The largest absolute Gasteiger partial charge is 0.373 e. The maximum atomic E-state index is 6.11. The van der Waals surface area contributed by atoms with Gasteiger partial charge < -0.3 is 15.0 Å².